The second kappa shape index (κ2) is 10.8. The molecule has 0 bridgehead atoms. The number of carbonyl (C=O) groups excluding carboxylic acids is 2. The van der Waals surface area contributed by atoms with Crippen LogP contribution in [0.5, 0.6) is 0 Å². The molecule has 0 radical (unpaired) electrons. The maximum atomic E-state index is 14.8. The van der Waals surface area contributed by atoms with Crippen molar-refractivity contribution in [1.82, 2.24) is 18.8 Å². The van der Waals surface area contributed by atoms with Gasteiger partial charge >= 0.3 is 11.9 Å². The SMILES string of the molecule is CC(C)S(=O)(=O)NC(=O)CC1SC(=Nc2cc(-n3c(=O)cc(C(F)(F)F)n(C)c3=O)c(F)cc2Cl)N(C)C1=O. The average Bonchev–Trinajstić information content (AvgIpc) is 3.05. The number of carbonyl (C=O) groups is 2. The summed E-state index contributed by atoms with van der Waals surface area (Å²) in [4.78, 5) is 55.0. The molecule has 1 aliphatic heterocycles. The molecule has 2 aromatic rings. The third kappa shape index (κ3) is 6.19. The van der Waals surface area contributed by atoms with Gasteiger partial charge in [-0.25, -0.2) is 27.2 Å². The Morgan fingerprint density at radius 3 is 2.36 bits per heavy atom. The second-order valence-electron chi connectivity index (χ2n) is 8.52. The van der Waals surface area contributed by atoms with Gasteiger partial charge in [-0.1, -0.05) is 23.4 Å². The summed E-state index contributed by atoms with van der Waals surface area (Å²) in [6.45, 7) is 2.72. The molecular formula is C21H20ClF4N5O6S2. The zero-order chi connectivity index (χ0) is 29.6. The molecule has 212 valence electrons. The summed E-state index contributed by atoms with van der Waals surface area (Å²) in [5.74, 6) is -2.75. The molecule has 1 fully saturated rings. The maximum absolute atomic E-state index is 14.8. The van der Waals surface area contributed by atoms with Gasteiger partial charge in [-0.05, 0) is 26.0 Å². The fourth-order valence-electron chi connectivity index (χ4n) is 3.29. The Labute approximate surface area is 227 Å². The largest absolute Gasteiger partial charge is 0.431 e. The lowest BCUT2D eigenvalue weighted by Gasteiger charge is -2.15. The lowest BCUT2D eigenvalue weighted by atomic mass is 10.2. The monoisotopic (exact) mass is 613 g/mol. The van der Waals surface area contributed by atoms with Gasteiger partial charge in [0.05, 0.1) is 21.6 Å². The van der Waals surface area contributed by atoms with Crippen LogP contribution in [0.2, 0.25) is 5.02 Å². The number of alkyl halides is 3. The van der Waals surface area contributed by atoms with E-state index in [-0.39, 0.29) is 31.1 Å². The van der Waals surface area contributed by atoms with E-state index in [2.05, 4.69) is 4.99 Å². The highest BCUT2D eigenvalue weighted by Gasteiger charge is 2.38. The molecule has 1 atom stereocenters. The minimum absolute atomic E-state index is 0.0448. The standard InChI is InChI=1S/C21H20ClF4N5O6S2/c1-9(2)39(36,37)28-16(32)7-14-18(34)30(4)19(38-14)27-12-6-13(11(23)5-10(12)22)31-17(33)8-15(21(24,25)26)29(3)20(31)35/h5-6,8-9,14H,7H2,1-4H3,(H,28,32). The summed E-state index contributed by atoms with van der Waals surface area (Å²) in [6, 6.07) is 1.66. The number of sulfonamides is 1. The molecule has 1 saturated heterocycles. The van der Waals surface area contributed by atoms with Crippen molar-refractivity contribution in [2.24, 2.45) is 12.0 Å². The lowest BCUT2D eigenvalue weighted by molar-refractivity contribution is -0.144. The highest BCUT2D eigenvalue weighted by Crippen LogP contribution is 2.35. The highest BCUT2D eigenvalue weighted by atomic mass is 35.5. The number of amides is 2. The summed E-state index contributed by atoms with van der Waals surface area (Å²) >= 11 is 6.83. The predicted octanol–water partition coefficient (Wildman–Crippen LogP) is 2.15. The van der Waals surface area contributed by atoms with Crippen LogP contribution in [0.25, 0.3) is 5.69 Å². The lowest BCUT2D eigenvalue weighted by Crippen LogP contribution is -2.41. The number of benzene rings is 1. The summed E-state index contributed by atoms with van der Waals surface area (Å²) in [7, 11) is -1.87. The maximum Gasteiger partial charge on any atom is 0.431 e. The first-order chi connectivity index (χ1) is 17.8. The Kier molecular flexibility index (Phi) is 8.38. The number of hydrogen-bond acceptors (Lipinski definition) is 8. The number of thioether (sulfide) groups is 1. The number of aromatic nitrogens is 2. The van der Waals surface area contributed by atoms with Crippen molar-refractivity contribution < 1.29 is 35.6 Å². The van der Waals surface area contributed by atoms with Gasteiger partial charge in [0, 0.05) is 26.6 Å². The zero-order valence-electron chi connectivity index (χ0n) is 20.5. The summed E-state index contributed by atoms with van der Waals surface area (Å²) in [5.41, 5.74) is -5.49. The molecule has 0 aliphatic carbocycles. The zero-order valence-corrected chi connectivity index (χ0v) is 22.9. The van der Waals surface area contributed by atoms with Crippen molar-refractivity contribution in [3.05, 3.63) is 55.6 Å². The Bertz CT molecular complexity index is 1620. The van der Waals surface area contributed by atoms with Crippen molar-refractivity contribution in [2.45, 2.75) is 36.9 Å². The van der Waals surface area contributed by atoms with Crippen molar-refractivity contribution in [1.29, 1.82) is 0 Å². The van der Waals surface area contributed by atoms with Crippen molar-refractivity contribution in [3.63, 3.8) is 0 Å². The van der Waals surface area contributed by atoms with Crippen molar-refractivity contribution in [3.8, 4) is 5.69 Å². The summed E-state index contributed by atoms with van der Waals surface area (Å²) < 4.78 is 80.2. The van der Waals surface area contributed by atoms with Crippen LogP contribution in [0.1, 0.15) is 26.0 Å². The topological polar surface area (TPSA) is 140 Å². The Morgan fingerprint density at radius 2 is 1.79 bits per heavy atom. The van der Waals surface area contributed by atoms with E-state index in [4.69, 9.17) is 11.6 Å². The first kappa shape index (κ1) is 30.4. The van der Waals surface area contributed by atoms with Gasteiger partial charge in [0.15, 0.2) is 5.17 Å². The van der Waals surface area contributed by atoms with Gasteiger partial charge in [0.2, 0.25) is 21.8 Å². The Balaban J connectivity index is 2.00. The van der Waals surface area contributed by atoms with E-state index in [1.54, 1.807) is 0 Å². The molecule has 39 heavy (non-hydrogen) atoms. The van der Waals surface area contributed by atoms with Crippen molar-refractivity contribution >= 4 is 56.1 Å². The number of aliphatic imine (C=N–C) groups is 1. The molecule has 2 heterocycles. The smallest absolute Gasteiger partial charge is 0.293 e. The van der Waals surface area contributed by atoms with E-state index >= 15 is 0 Å². The van der Waals surface area contributed by atoms with E-state index in [1.165, 1.54) is 20.9 Å². The molecule has 1 aromatic heterocycles. The van der Waals surface area contributed by atoms with Gasteiger partial charge in [-0.3, -0.25) is 28.6 Å². The fourth-order valence-corrected chi connectivity index (χ4v) is 5.27. The number of nitrogens with zero attached hydrogens (tertiary/aromatic N) is 4. The number of rotatable bonds is 6. The fraction of sp³-hybridized carbons (Fsp3) is 0.381. The van der Waals surface area contributed by atoms with Crippen LogP contribution in [-0.4, -0.2) is 57.0 Å². The molecule has 3 rings (SSSR count). The van der Waals surface area contributed by atoms with Crippen LogP contribution < -0.4 is 16.0 Å². The third-order valence-electron chi connectivity index (χ3n) is 5.47. The van der Waals surface area contributed by atoms with Gasteiger partial charge in [-0.15, -0.1) is 0 Å². The molecular weight excluding hydrogens is 594 g/mol. The van der Waals surface area contributed by atoms with E-state index in [0.717, 1.165) is 29.8 Å². The minimum atomic E-state index is -5.02. The van der Waals surface area contributed by atoms with E-state index in [1.807, 2.05) is 4.72 Å². The van der Waals surface area contributed by atoms with Gasteiger partial charge in [0.1, 0.15) is 16.8 Å². The number of amidine groups is 1. The Morgan fingerprint density at radius 1 is 1.18 bits per heavy atom. The van der Waals surface area contributed by atoms with Crippen molar-refractivity contribution in [2.75, 3.05) is 7.05 Å². The molecule has 1 aromatic carbocycles. The molecule has 2 amide bonds. The number of halogens is 5. The summed E-state index contributed by atoms with van der Waals surface area (Å²) in [6.07, 6.45) is -5.54. The molecule has 1 N–H and O–H groups in total. The number of nitrogens with one attached hydrogen (secondary N) is 1. The quantitative estimate of drug-likeness (QED) is 0.493. The van der Waals surface area contributed by atoms with E-state index in [9.17, 15) is 45.2 Å². The molecule has 18 heteroatoms. The first-order valence-electron chi connectivity index (χ1n) is 10.8. The van der Waals surface area contributed by atoms with Crippen LogP contribution in [0.3, 0.4) is 0 Å². The van der Waals surface area contributed by atoms with Gasteiger partial charge < -0.3 is 0 Å². The van der Waals surface area contributed by atoms with E-state index in [0.29, 0.717) is 6.07 Å². The number of hydrogen-bond donors (Lipinski definition) is 1. The van der Waals surface area contributed by atoms with Gasteiger partial charge in [0.25, 0.3) is 5.56 Å². The van der Waals surface area contributed by atoms with Crippen LogP contribution in [0.15, 0.2) is 32.8 Å². The average molecular weight is 614 g/mol. The highest BCUT2D eigenvalue weighted by molar-refractivity contribution is 8.15. The molecule has 11 nitrogen and oxygen atoms in total. The molecule has 1 aliphatic rings. The normalized spacial score (nSPS) is 17.4. The summed E-state index contributed by atoms with van der Waals surface area (Å²) in [5, 5.41) is -2.33. The second-order valence-corrected chi connectivity index (χ2v) is 12.3. The molecule has 0 saturated carbocycles. The van der Waals surface area contributed by atoms with Crippen LogP contribution >= 0.6 is 23.4 Å². The van der Waals surface area contributed by atoms with Crippen LogP contribution in [0, 0.1) is 5.82 Å². The predicted molar refractivity (Wildman–Crippen MR) is 135 cm³/mol. The third-order valence-corrected chi connectivity index (χ3v) is 8.76. The first-order valence-corrected chi connectivity index (χ1v) is 13.6. The van der Waals surface area contributed by atoms with E-state index < -0.39 is 73.4 Å². The molecule has 0 spiro atoms. The minimum Gasteiger partial charge on any atom is -0.293 e. The van der Waals surface area contributed by atoms with Gasteiger partial charge in [-0.2, -0.15) is 13.2 Å². The Hall–Kier alpha value is -3.18. The van der Waals surface area contributed by atoms with Crippen LogP contribution in [-0.2, 0) is 32.8 Å². The molecule has 1 unspecified atom stereocenters. The van der Waals surface area contributed by atoms with Crippen LogP contribution in [0.4, 0.5) is 23.2 Å².